The van der Waals surface area contributed by atoms with Gasteiger partial charge in [-0.05, 0) is 63.1 Å². The van der Waals surface area contributed by atoms with Crippen LogP contribution in [0.1, 0.15) is 24.2 Å². The third kappa shape index (κ3) is 4.69. The third-order valence-corrected chi connectivity index (χ3v) is 6.27. The van der Waals surface area contributed by atoms with Gasteiger partial charge in [0, 0.05) is 30.5 Å². The summed E-state index contributed by atoms with van der Waals surface area (Å²) in [5.74, 6) is 0.888. The summed E-state index contributed by atoms with van der Waals surface area (Å²) in [7, 11) is 0. The molecule has 1 atom stereocenters. The second kappa shape index (κ2) is 9.38. The van der Waals surface area contributed by atoms with Crippen molar-refractivity contribution >= 4 is 46.0 Å². The van der Waals surface area contributed by atoms with E-state index in [1.54, 1.807) is 4.90 Å². The quantitative estimate of drug-likeness (QED) is 0.347. The number of anilines is 3. The van der Waals surface area contributed by atoms with Crippen LogP contribution in [0, 0.1) is 13.8 Å². The molecule has 0 radical (unpaired) electrons. The molecule has 0 aliphatic carbocycles. The number of hydrogen-bond acceptors (Lipinski definition) is 7. The minimum atomic E-state index is -0.0723. The predicted octanol–water partition coefficient (Wildman–Crippen LogP) is 4.14. The molecule has 3 N–H and O–H groups in total. The van der Waals surface area contributed by atoms with Gasteiger partial charge in [-0.2, -0.15) is 20.2 Å². The maximum atomic E-state index is 12.1. The van der Waals surface area contributed by atoms with Crippen LogP contribution in [0.4, 0.5) is 17.5 Å². The summed E-state index contributed by atoms with van der Waals surface area (Å²) in [5.41, 5.74) is 4.35. The Hall–Kier alpha value is -3.92. The van der Waals surface area contributed by atoms with E-state index in [9.17, 15) is 4.79 Å². The molecule has 10 nitrogen and oxygen atoms in total. The zero-order valence-corrected chi connectivity index (χ0v) is 20.3. The fourth-order valence-corrected chi connectivity index (χ4v) is 4.60. The number of carbonyl (C=O) groups excluding carboxylic acids is 1. The molecule has 0 unspecified atom stereocenters. The van der Waals surface area contributed by atoms with E-state index in [0.29, 0.717) is 29.3 Å². The lowest BCUT2D eigenvalue weighted by Gasteiger charge is -2.32. The van der Waals surface area contributed by atoms with Crippen molar-refractivity contribution in [3.63, 3.8) is 0 Å². The number of fused-ring (bicyclic) bond motifs is 1. The summed E-state index contributed by atoms with van der Waals surface area (Å²) >= 11 is 6.33. The van der Waals surface area contributed by atoms with Crippen molar-refractivity contribution in [1.82, 2.24) is 34.8 Å². The fourth-order valence-electron chi connectivity index (χ4n) is 4.38. The number of carbonyl (C=O) groups is 1. The molecule has 35 heavy (non-hydrogen) atoms. The van der Waals surface area contributed by atoms with Gasteiger partial charge in [0.1, 0.15) is 11.2 Å². The smallest absolute Gasteiger partial charge is 0.246 e. The third-order valence-electron chi connectivity index (χ3n) is 6.00. The molecule has 4 heterocycles. The highest BCUT2D eigenvalue weighted by Crippen LogP contribution is 2.29. The topological polar surface area (TPSA) is 117 Å². The molecule has 1 amide bonds. The van der Waals surface area contributed by atoms with Gasteiger partial charge < -0.3 is 15.5 Å². The number of nitrogens with one attached hydrogen (secondary N) is 3. The average Bonchev–Trinajstić information content (AvgIpc) is 3.40. The van der Waals surface area contributed by atoms with Crippen LogP contribution in [-0.2, 0) is 4.79 Å². The lowest BCUT2D eigenvalue weighted by Crippen LogP contribution is -2.44. The minimum Gasteiger partial charge on any atom is -0.365 e. The summed E-state index contributed by atoms with van der Waals surface area (Å²) in [6, 6.07) is 9.93. The first-order valence-electron chi connectivity index (χ1n) is 11.4. The van der Waals surface area contributed by atoms with E-state index in [1.807, 2.05) is 48.9 Å². The number of piperidine rings is 1. The van der Waals surface area contributed by atoms with Crippen molar-refractivity contribution in [2.45, 2.75) is 32.7 Å². The van der Waals surface area contributed by atoms with E-state index < -0.39 is 0 Å². The van der Waals surface area contributed by atoms with E-state index in [-0.39, 0.29) is 17.1 Å². The first kappa shape index (κ1) is 22.9. The molecule has 1 fully saturated rings. The van der Waals surface area contributed by atoms with E-state index >= 15 is 0 Å². The van der Waals surface area contributed by atoms with Crippen LogP contribution < -0.4 is 10.6 Å². The number of H-pyrrole nitrogens is 1. The van der Waals surface area contributed by atoms with Crippen LogP contribution in [0.25, 0.3) is 16.7 Å². The predicted molar refractivity (Wildman–Crippen MR) is 136 cm³/mol. The fraction of sp³-hybridized carbons (Fsp3) is 0.292. The zero-order chi connectivity index (χ0) is 24.5. The Morgan fingerprint density at radius 3 is 2.77 bits per heavy atom. The number of nitrogens with zero attached hydrogens (tertiary/aromatic N) is 6. The van der Waals surface area contributed by atoms with Crippen molar-refractivity contribution in [2.24, 2.45) is 0 Å². The highest BCUT2D eigenvalue weighted by atomic mass is 35.5. The Bertz CT molecular complexity index is 1390. The molecule has 1 aliphatic rings. The molecule has 180 valence electrons. The number of aryl methyl sites for hydroxylation is 2. The van der Waals surface area contributed by atoms with Gasteiger partial charge in [-0.25, -0.2) is 4.68 Å². The summed E-state index contributed by atoms with van der Waals surface area (Å²) in [6.07, 6.45) is 3.14. The van der Waals surface area contributed by atoms with Crippen molar-refractivity contribution < 1.29 is 4.79 Å². The maximum absolute atomic E-state index is 12.1. The van der Waals surface area contributed by atoms with Crippen molar-refractivity contribution in [3.05, 3.63) is 59.5 Å². The lowest BCUT2D eigenvalue weighted by atomic mass is 10.1. The van der Waals surface area contributed by atoms with Gasteiger partial charge in [0.2, 0.25) is 11.9 Å². The number of hydrogen-bond donors (Lipinski definition) is 3. The average molecular weight is 492 g/mol. The van der Waals surface area contributed by atoms with Gasteiger partial charge in [0.15, 0.2) is 10.8 Å². The highest BCUT2D eigenvalue weighted by molar-refractivity contribution is 6.35. The SMILES string of the molecule is C=CC(=O)N1CCC[C@@H](Nc2nc(Nc3ccc(-n4nc(C)cc4C)cc3)nc3[nH]nc(Cl)c23)C1. The molecule has 1 saturated heterocycles. The van der Waals surface area contributed by atoms with Crippen LogP contribution in [0.5, 0.6) is 0 Å². The standard InChI is InChI=1S/C24H26ClN9O/c1-4-19(35)33-11-5-6-17(13-33)26-22-20-21(25)30-31-23(20)29-24(28-22)27-16-7-9-18(10-8-16)34-15(3)12-14(2)32-34/h4,7-10,12,17H,1,5-6,11,13H2,2-3H3,(H3,26,27,28,29,30,31)/t17-/m1/s1. The first-order chi connectivity index (χ1) is 16.9. The monoisotopic (exact) mass is 491 g/mol. The van der Waals surface area contributed by atoms with Crippen LogP contribution in [-0.4, -0.2) is 59.9 Å². The van der Waals surface area contributed by atoms with Gasteiger partial charge in [-0.3, -0.25) is 9.89 Å². The lowest BCUT2D eigenvalue weighted by molar-refractivity contribution is -0.127. The Labute approximate surface area is 207 Å². The molecule has 0 spiro atoms. The van der Waals surface area contributed by atoms with Gasteiger partial charge in [-0.15, -0.1) is 0 Å². The molecule has 1 aliphatic heterocycles. The summed E-state index contributed by atoms with van der Waals surface area (Å²) in [5, 5.41) is 19.1. The van der Waals surface area contributed by atoms with Gasteiger partial charge in [-0.1, -0.05) is 18.2 Å². The van der Waals surface area contributed by atoms with Gasteiger partial charge in [0.25, 0.3) is 0 Å². The molecule has 1 aromatic carbocycles. The highest BCUT2D eigenvalue weighted by Gasteiger charge is 2.24. The normalized spacial score (nSPS) is 15.9. The Balaban J connectivity index is 1.39. The Morgan fingerprint density at radius 2 is 2.06 bits per heavy atom. The number of benzene rings is 1. The number of rotatable bonds is 6. The van der Waals surface area contributed by atoms with Gasteiger partial charge >= 0.3 is 0 Å². The number of aromatic nitrogens is 6. The summed E-state index contributed by atoms with van der Waals surface area (Å²) in [6.45, 7) is 8.87. The Morgan fingerprint density at radius 1 is 1.26 bits per heavy atom. The molecule has 4 aromatic rings. The van der Waals surface area contributed by atoms with E-state index in [0.717, 1.165) is 42.1 Å². The number of amides is 1. The molecular formula is C24H26ClN9O. The van der Waals surface area contributed by atoms with E-state index in [1.165, 1.54) is 6.08 Å². The largest absolute Gasteiger partial charge is 0.365 e. The summed E-state index contributed by atoms with van der Waals surface area (Å²) < 4.78 is 1.90. The van der Waals surface area contributed by atoms with Crippen molar-refractivity contribution in [3.8, 4) is 5.69 Å². The molecule has 5 rings (SSSR count). The van der Waals surface area contributed by atoms with Crippen molar-refractivity contribution in [1.29, 1.82) is 0 Å². The number of aromatic amines is 1. The first-order valence-corrected chi connectivity index (χ1v) is 11.8. The van der Waals surface area contributed by atoms with Gasteiger partial charge in [0.05, 0.1) is 11.4 Å². The maximum Gasteiger partial charge on any atom is 0.246 e. The van der Waals surface area contributed by atoms with E-state index in [4.69, 9.17) is 16.6 Å². The second-order valence-electron chi connectivity index (χ2n) is 8.62. The zero-order valence-electron chi connectivity index (χ0n) is 19.5. The molecule has 0 bridgehead atoms. The van der Waals surface area contributed by atoms with Crippen LogP contribution in [0.3, 0.4) is 0 Å². The number of likely N-dealkylation sites (tertiary alicyclic amines) is 1. The molecule has 3 aromatic heterocycles. The minimum absolute atomic E-state index is 0.0182. The molecular weight excluding hydrogens is 466 g/mol. The molecule has 0 saturated carbocycles. The summed E-state index contributed by atoms with van der Waals surface area (Å²) in [4.78, 5) is 23.1. The van der Waals surface area contributed by atoms with E-state index in [2.05, 4.69) is 37.5 Å². The Kier molecular flexibility index (Phi) is 6.12. The van der Waals surface area contributed by atoms with Crippen LogP contribution in [0.15, 0.2) is 43.0 Å². The van der Waals surface area contributed by atoms with Crippen LogP contribution in [0.2, 0.25) is 5.15 Å². The van der Waals surface area contributed by atoms with Crippen molar-refractivity contribution in [2.75, 3.05) is 23.7 Å². The van der Waals surface area contributed by atoms with Crippen LogP contribution >= 0.6 is 11.6 Å². The second-order valence-corrected chi connectivity index (χ2v) is 8.97. The number of halogens is 1. The molecule has 11 heteroatoms.